The van der Waals surface area contributed by atoms with E-state index in [1.165, 1.54) is 0 Å². The predicted molar refractivity (Wildman–Crippen MR) is 70.5 cm³/mol. The molecule has 0 amide bonds. The monoisotopic (exact) mass is 323 g/mol. The molecule has 0 radical (unpaired) electrons. The van der Waals surface area contributed by atoms with Gasteiger partial charge in [0.2, 0.25) is 0 Å². The Bertz CT molecular complexity index is 365. The Morgan fingerprint density at radius 3 is 2.50 bits per heavy atom. The van der Waals surface area contributed by atoms with Crippen LogP contribution in [-0.4, -0.2) is 12.7 Å². The number of benzene rings is 1. The van der Waals surface area contributed by atoms with E-state index in [4.69, 9.17) is 0 Å². The second-order valence-electron chi connectivity index (χ2n) is 4.14. The zero-order chi connectivity index (χ0) is 13.6. The SMILES string of the molecule is CCNC(CCCC(F)(F)F)c1ccccc1Br. The number of alkyl halides is 3. The minimum absolute atomic E-state index is 0.0343. The van der Waals surface area contributed by atoms with E-state index in [9.17, 15) is 13.2 Å². The molecule has 0 fully saturated rings. The highest BCUT2D eigenvalue weighted by Gasteiger charge is 2.27. The molecule has 0 saturated heterocycles. The maximum absolute atomic E-state index is 12.1. The molecule has 0 spiro atoms. The van der Waals surface area contributed by atoms with Crippen LogP contribution in [0.15, 0.2) is 28.7 Å². The molecule has 102 valence electrons. The lowest BCUT2D eigenvalue weighted by molar-refractivity contribution is -0.135. The number of nitrogens with one attached hydrogen (secondary N) is 1. The van der Waals surface area contributed by atoms with Gasteiger partial charge in [-0.15, -0.1) is 0 Å². The van der Waals surface area contributed by atoms with Crippen LogP contribution in [0.25, 0.3) is 0 Å². The third kappa shape index (κ3) is 5.40. The third-order valence-electron chi connectivity index (χ3n) is 2.68. The van der Waals surface area contributed by atoms with Gasteiger partial charge in [0.25, 0.3) is 0 Å². The summed E-state index contributed by atoms with van der Waals surface area (Å²) in [4.78, 5) is 0. The van der Waals surface area contributed by atoms with Gasteiger partial charge in [0, 0.05) is 16.9 Å². The molecule has 1 nitrogen and oxygen atoms in total. The summed E-state index contributed by atoms with van der Waals surface area (Å²) in [7, 11) is 0. The molecule has 0 saturated carbocycles. The predicted octanol–water partition coefficient (Wildman–Crippen LogP) is 4.83. The van der Waals surface area contributed by atoms with Gasteiger partial charge in [-0.2, -0.15) is 13.2 Å². The quantitative estimate of drug-likeness (QED) is 0.790. The Labute approximate surface area is 114 Å². The summed E-state index contributed by atoms with van der Waals surface area (Å²) in [5.74, 6) is 0. The minimum atomic E-state index is -4.06. The van der Waals surface area contributed by atoms with Crippen LogP contribution in [0.2, 0.25) is 0 Å². The van der Waals surface area contributed by atoms with Crippen molar-refractivity contribution in [1.29, 1.82) is 0 Å². The van der Waals surface area contributed by atoms with Crippen molar-refractivity contribution in [2.75, 3.05) is 6.54 Å². The molecule has 0 aromatic heterocycles. The summed E-state index contributed by atoms with van der Waals surface area (Å²) in [5.41, 5.74) is 1.02. The van der Waals surface area contributed by atoms with E-state index in [0.717, 1.165) is 16.6 Å². The fraction of sp³-hybridized carbons (Fsp3) is 0.538. The maximum Gasteiger partial charge on any atom is 0.389 e. The topological polar surface area (TPSA) is 12.0 Å². The Balaban J connectivity index is 2.63. The van der Waals surface area contributed by atoms with Gasteiger partial charge in [-0.25, -0.2) is 0 Å². The zero-order valence-electron chi connectivity index (χ0n) is 10.2. The van der Waals surface area contributed by atoms with Crippen LogP contribution in [-0.2, 0) is 0 Å². The van der Waals surface area contributed by atoms with Crippen molar-refractivity contribution in [3.63, 3.8) is 0 Å². The van der Waals surface area contributed by atoms with Gasteiger partial charge in [-0.1, -0.05) is 41.1 Å². The van der Waals surface area contributed by atoms with E-state index in [1.807, 2.05) is 31.2 Å². The zero-order valence-corrected chi connectivity index (χ0v) is 11.8. The van der Waals surface area contributed by atoms with Gasteiger partial charge >= 0.3 is 6.18 Å². The largest absolute Gasteiger partial charge is 0.389 e. The van der Waals surface area contributed by atoms with Gasteiger partial charge in [-0.05, 0) is 31.0 Å². The molecule has 18 heavy (non-hydrogen) atoms. The first-order chi connectivity index (χ1) is 8.44. The second-order valence-corrected chi connectivity index (χ2v) is 4.99. The van der Waals surface area contributed by atoms with Gasteiger partial charge in [0.1, 0.15) is 0 Å². The second kappa shape index (κ2) is 7.14. The molecule has 0 aliphatic heterocycles. The maximum atomic E-state index is 12.1. The van der Waals surface area contributed by atoms with E-state index in [1.54, 1.807) is 0 Å². The molecule has 1 rings (SSSR count). The van der Waals surface area contributed by atoms with Crippen LogP contribution >= 0.6 is 15.9 Å². The van der Waals surface area contributed by atoms with Crippen molar-refractivity contribution in [3.05, 3.63) is 34.3 Å². The summed E-state index contributed by atoms with van der Waals surface area (Å²) in [6.07, 6.45) is -4.16. The highest BCUT2D eigenvalue weighted by molar-refractivity contribution is 9.10. The van der Waals surface area contributed by atoms with Crippen molar-refractivity contribution in [2.24, 2.45) is 0 Å². The molecular weight excluding hydrogens is 307 g/mol. The molecular formula is C13H17BrF3N. The summed E-state index contributed by atoms with van der Waals surface area (Å²) in [5, 5.41) is 3.23. The number of halogens is 4. The molecule has 1 aromatic carbocycles. The summed E-state index contributed by atoms with van der Waals surface area (Å²) < 4.78 is 37.4. The van der Waals surface area contributed by atoms with Gasteiger partial charge in [0.05, 0.1) is 0 Å². The fourth-order valence-electron chi connectivity index (χ4n) is 1.88. The van der Waals surface area contributed by atoms with Crippen LogP contribution in [0, 0.1) is 0 Å². The fourth-order valence-corrected chi connectivity index (χ4v) is 2.44. The van der Waals surface area contributed by atoms with Gasteiger partial charge in [0.15, 0.2) is 0 Å². The highest BCUT2D eigenvalue weighted by Crippen LogP contribution is 2.29. The van der Waals surface area contributed by atoms with Crippen LogP contribution in [0.3, 0.4) is 0 Å². The molecule has 0 heterocycles. The lowest BCUT2D eigenvalue weighted by atomic mass is 10.0. The Kier molecular flexibility index (Phi) is 6.15. The summed E-state index contributed by atoms with van der Waals surface area (Å²) in [6, 6.07) is 7.60. The van der Waals surface area contributed by atoms with Crippen molar-refractivity contribution in [3.8, 4) is 0 Å². The first-order valence-electron chi connectivity index (χ1n) is 5.98. The Morgan fingerprint density at radius 1 is 1.28 bits per heavy atom. The lowest BCUT2D eigenvalue weighted by Gasteiger charge is -2.20. The molecule has 0 aliphatic rings. The Hall–Kier alpha value is -0.550. The average molecular weight is 324 g/mol. The molecule has 1 atom stereocenters. The van der Waals surface area contributed by atoms with Crippen molar-refractivity contribution < 1.29 is 13.2 Å². The number of hydrogen-bond donors (Lipinski definition) is 1. The number of hydrogen-bond acceptors (Lipinski definition) is 1. The van der Waals surface area contributed by atoms with E-state index in [-0.39, 0.29) is 12.5 Å². The van der Waals surface area contributed by atoms with Crippen LogP contribution < -0.4 is 5.32 Å². The first kappa shape index (κ1) is 15.5. The highest BCUT2D eigenvalue weighted by atomic mass is 79.9. The van der Waals surface area contributed by atoms with E-state index in [2.05, 4.69) is 21.2 Å². The number of rotatable bonds is 6. The Morgan fingerprint density at radius 2 is 1.94 bits per heavy atom. The molecule has 1 aromatic rings. The van der Waals surface area contributed by atoms with E-state index < -0.39 is 12.6 Å². The lowest BCUT2D eigenvalue weighted by Crippen LogP contribution is -2.22. The molecule has 1 N–H and O–H groups in total. The average Bonchev–Trinajstić information content (AvgIpc) is 2.27. The minimum Gasteiger partial charge on any atom is -0.310 e. The molecule has 0 bridgehead atoms. The van der Waals surface area contributed by atoms with Crippen LogP contribution in [0.1, 0.15) is 37.8 Å². The van der Waals surface area contributed by atoms with Crippen molar-refractivity contribution in [1.82, 2.24) is 5.32 Å². The van der Waals surface area contributed by atoms with Crippen molar-refractivity contribution >= 4 is 15.9 Å². The third-order valence-corrected chi connectivity index (χ3v) is 3.41. The summed E-state index contributed by atoms with van der Waals surface area (Å²) in [6.45, 7) is 2.69. The molecule has 1 unspecified atom stereocenters. The van der Waals surface area contributed by atoms with E-state index in [0.29, 0.717) is 6.42 Å². The molecule has 5 heteroatoms. The normalized spacial score (nSPS) is 13.6. The standard InChI is InChI=1S/C13H17BrF3N/c1-2-18-12(8-5-9-13(15,16)17)10-6-3-4-7-11(10)14/h3-4,6-7,12,18H,2,5,8-9H2,1H3. The van der Waals surface area contributed by atoms with E-state index >= 15 is 0 Å². The van der Waals surface area contributed by atoms with Crippen LogP contribution in [0.5, 0.6) is 0 Å². The first-order valence-corrected chi connectivity index (χ1v) is 6.78. The van der Waals surface area contributed by atoms with Gasteiger partial charge < -0.3 is 5.32 Å². The van der Waals surface area contributed by atoms with Crippen molar-refractivity contribution in [2.45, 2.75) is 38.4 Å². The summed E-state index contributed by atoms with van der Waals surface area (Å²) >= 11 is 3.44. The smallest absolute Gasteiger partial charge is 0.310 e. The molecule has 0 aliphatic carbocycles. The van der Waals surface area contributed by atoms with Gasteiger partial charge in [-0.3, -0.25) is 0 Å². The van der Waals surface area contributed by atoms with Crippen LogP contribution in [0.4, 0.5) is 13.2 Å².